The molecule has 0 amide bonds. The minimum Gasteiger partial charge on any atom is -0.378 e. The van der Waals surface area contributed by atoms with Crippen molar-refractivity contribution in [2.45, 2.75) is 0 Å². The predicted octanol–water partition coefficient (Wildman–Crippen LogP) is 4.12. The van der Waals surface area contributed by atoms with Crippen LogP contribution in [0.4, 0.5) is 5.69 Å². The van der Waals surface area contributed by atoms with Gasteiger partial charge < -0.3 is 9.42 Å². The molecule has 5 heteroatoms. The standard InChI is InChI=1S/C16H14ClN3O/c1-20(2)14-8-6-11(7-9-14)15-18-16(21-19-15)12-4-3-5-13(17)10-12/h3-10H,1-2H3. The fourth-order valence-corrected chi connectivity index (χ4v) is 2.18. The molecule has 0 unspecified atom stereocenters. The Bertz CT molecular complexity index is 750. The van der Waals surface area contributed by atoms with Crippen LogP contribution in [0.2, 0.25) is 5.02 Å². The second-order valence-electron chi connectivity index (χ2n) is 4.87. The highest BCUT2D eigenvalue weighted by Gasteiger charge is 2.11. The summed E-state index contributed by atoms with van der Waals surface area (Å²) in [5.74, 6) is 1.03. The zero-order valence-electron chi connectivity index (χ0n) is 11.7. The first-order valence-corrected chi connectivity index (χ1v) is 6.89. The topological polar surface area (TPSA) is 42.2 Å². The number of benzene rings is 2. The minimum atomic E-state index is 0.462. The van der Waals surface area contributed by atoms with Crippen LogP contribution in [0.25, 0.3) is 22.8 Å². The van der Waals surface area contributed by atoms with E-state index in [1.54, 1.807) is 6.07 Å². The van der Waals surface area contributed by atoms with E-state index < -0.39 is 0 Å². The molecule has 0 atom stereocenters. The van der Waals surface area contributed by atoms with Gasteiger partial charge in [0, 0.05) is 35.9 Å². The van der Waals surface area contributed by atoms with Crippen LogP contribution < -0.4 is 4.90 Å². The van der Waals surface area contributed by atoms with E-state index in [4.69, 9.17) is 16.1 Å². The molecule has 1 aromatic heterocycles. The average molecular weight is 300 g/mol. The third-order valence-corrected chi connectivity index (χ3v) is 3.37. The Morgan fingerprint density at radius 1 is 1.00 bits per heavy atom. The highest BCUT2D eigenvalue weighted by atomic mass is 35.5. The summed E-state index contributed by atoms with van der Waals surface area (Å²) in [5, 5.41) is 4.67. The molecule has 3 aromatic rings. The molecule has 0 bridgehead atoms. The summed E-state index contributed by atoms with van der Waals surface area (Å²) in [6.45, 7) is 0. The molecule has 0 N–H and O–H groups in total. The summed E-state index contributed by atoms with van der Waals surface area (Å²) in [5.41, 5.74) is 2.85. The zero-order valence-corrected chi connectivity index (χ0v) is 12.5. The number of hydrogen-bond donors (Lipinski definition) is 0. The number of halogens is 1. The summed E-state index contributed by atoms with van der Waals surface area (Å²) in [6, 6.07) is 15.3. The van der Waals surface area contributed by atoms with Crippen LogP contribution in [0.3, 0.4) is 0 Å². The first-order valence-electron chi connectivity index (χ1n) is 6.51. The van der Waals surface area contributed by atoms with Gasteiger partial charge in [0.1, 0.15) is 0 Å². The van der Waals surface area contributed by atoms with E-state index in [2.05, 4.69) is 10.1 Å². The minimum absolute atomic E-state index is 0.462. The van der Waals surface area contributed by atoms with Crippen LogP contribution in [-0.2, 0) is 0 Å². The third-order valence-electron chi connectivity index (χ3n) is 3.14. The highest BCUT2D eigenvalue weighted by molar-refractivity contribution is 6.30. The van der Waals surface area contributed by atoms with E-state index in [0.717, 1.165) is 16.8 Å². The SMILES string of the molecule is CN(C)c1ccc(-c2noc(-c3cccc(Cl)c3)n2)cc1. The average Bonchev–Trinajstić information content (AvgIpc) is 2.97. The van der Waals surface area contributed by atoms with Gasteiger partial charge in [0.2, 0.25) is 5.82 Å². The van der Waals surface area contributed by atoms with Gasteiger partial charge in [-0.3, -0.25) is 0 Å². The van der Waals surface area contributed by atoms with Gasteiger partial charge >= 0.3 is 0 Å². The molecule has 0 radical (unpaired) electrons. The number of rotatable bonds is 3. The van der Waals surface area contributed by atoms with Gasteiger partial charge in [0.15, 0.2) is 0 Å². The molecule has 0 spiro atoms. The Hall–Kier alpha value is -2.33. The number of hydrogen-bond acceptors (Lipinski definition) is 4. The monoisotopic (exact) mass is 299 g/mol. The Morgan fingerprint density at radius 2 is 1.76 bits per heavy atom. The Labute approximate surface area is 128 Å². The maximum absolute atomic E-state index is 5.97. The van der Waals surface area contributed by atoms with Crippen molar-refractivity contribution in [3.63, 3.8) is 0 Å². The molecule has 4 nitrogen and oxygen atoms in total. The van der Waals surface area contributed by atoms with Gasteiger partial charge in [-0.1, -0.05) is 22.8 Å². The van der Waals surface area contributed by atoms with Gasteiger partial charge in [-0.05, 0) is 42.5 Å². The molecular weight excluding hydrogens is 286 g/mol. The van der Waals surface area contributed by atoms with Crippen molar-refractivity contribution < 1.29 is 4.52 Å². The first-order chi connectivity index (χ1) is 10.1. The summed E-state index contributed by atoms with van der Waals surface area (Å²) in [4.78, 5) is 6.46. The maximum Gasteiger partial charge on any atom is 0.258 e. The molecule has 106 valence electrons. The Kier molecular flexibility index (Phi) is 3.62. The third kappa shape index (κ3) is 2.90. The lowest BCUT2D eigenvalue weighted by Crippen LogP contribution is -2.07. The molecule has 0 saturated heterocycles. The van der Waals surface area contributed by atoms with E-state index in [9.17, 15) is 0 Å². The first kappa shape index (κ1) is 13.6. The van der Waals surface area contributed by atoms with E-state index in [0.29, 0.717) is 16.7 Å². The van der Waals surface area contributed by atoms with Crippen LogP contribution in [0, 0.1) is 0 Å². The molecule has 2 aromatic carbocycles. The fourth-order valence-electron chi connectivity index (χ4n) is 1.99. The van der Waals surface area contributed by atoms with Gasteiger partial charge in [0.25, 0.3) is 5.89 Å². The van der Waals surface area contributed by atoms with Crippen LogP contribution in [0.15, 0.2) is 53.1 Å². The molecule has 0 aliphatic carbocycles. The second-order valence-corrected chi connectivity index (χ2v) is 5.31. The van der Waals surface area contributed by atoms with Crippen molar-refractivity contribution in [3.8, 4) is 22.8 Å². The van der Waals surface area contributed by atoms with Crippen molar-refractivity contribution in [3.05, 3.63) is 53.6 Å². The molecule has 3 rings (SSSR count). The number of aromatic nitrogens is 2. The zero-order chi connectivity index (χ0) is 14.8. The lowest BCUT2D eigenvalue weighted by Gasteiger charge is -2.11. The molecule has 1 heterocycles. The van der Waals surface area contributed by atoms with Crippen molar-refractivity contribution >= 4 is 17.3 Å². The van der Waals surface area contributed by atoms with Gasteiger partial charge in [-0.15, -0.1) is 0 Å². The van der Waals surface area contributed by atoms with Gasteiger partial charge in [0.05, 0.1) is 0 Å². The van der Waals surface area contributed by atoms with E-state index in [1.165, 1.54) is 0 Å². The summed E-state index contributed by atoms with van der Waals surface area (Å²) in [6.07, 6.45) is 0. The fraction of sp³-hybridized carbons (Fsp3) is 0.125. The molecule has 0 fully saturated rings. The maximum atomic E-state index is 5.97. The van der Waals surface area contributed by atoms with Crippen molar-refractivity contribution in [2.24, 2.45) is 0 Å². The van der Waals surface area contributed by atoms with E-state index in [-0.39, 0.29) is 0 Å². The van der Waals surface area contributed by atoms with Crippen molar-refractivity contribution in [1.82, 2.24) is 10.1 Å². The molecular formula is C16H14ClN3O. The molecule has 0 saturated carbocycles. The predicted molar refractivity (Wildman–Crippen MR) is 84.5 cm³/mol. The quantitative estimate of drug-likeness (QED) is 0.729. The van der Waals surface area contributed by atoms with Crippen LogP contribution >= 0.6 is 11.6 Å². The lowest BCUT2D eigenvalue weighted by molar-refractivity contribution is 0.432. The van der Waals surface area contributed by atoms with E-state index >= 15 is 0 Å². The highest BCUT2D eigenvalue weighted by Crippen LogP contribution is 2.25. The van der Waals surface area contributed by atoms with Crippen LogP contribution in [0.1, 0.15) is 0 Å². The molecule has 0 aliphatic heterocycles. The molecule has 0 aliphatic rings. The Morgan fingerprint density at radius 3 is 2.43 bits per heavy atom. The van der Waals surface area contributed by atoms with Crippen molar-refractivity contribution in [1.29, 1.82) is 0 Å². The number of nitrogens with zero attached hydrogens (tertiary/aromatic N) is 3. The van der Waals surface area contributed by atoms with Crippen LogP contribution in [0.5, 0.6) is 0 Å². The summed E-state index contributed by atoms with van der Waals surface area (Å²) >= 11 is 5.97. The lowest BCUT2D eigenvalue weighted by atomic mass is 10.2. The number of anilines is 1. The van der Waals surface area contributed by atoms with Crippen molar-refractivity contribution in [2.75, 3.05) is 19.0 Å². The Balaban J connectivity index is 1.91. The largest absolute Gasteiger partial charge is 0.378 e. The summed E-state index contributed by atoms with van der Waals surface area (Å²) < 4.78 is 5.31. The van der Waals surface area contributed by atoms with Gasteiger partial charge in [-0.2, -0.15) is 4.98 Å². The molecule has 21 heavy (non-hydrogen) atoms. The second kappa shape index (κ2) is 5.58. The smallest absolute Gasteiger partial charge is 0.258 e. The van der Waals surface area contributed by atoms with E-state index in [1.807, 2.05) is 61.5 Å². The van der Waals surface area contributed by atoms with Crippen LogP contribution in [-0.4, -0.2) is 24.2 Å². The van der Waals surface area contributed by atoms with Gasteiger partial charge in [-0.25, -0.2) is 0 Å². The summed E-state index contributed by atoms with van der Waals surface area (Å²) in [7, 11) is 4.00. The normalized spacial score (nSPS) is 10.6.